The number of rotatable bonds is 3. The van der Waals surface area contributed by atoms with E-state index >= 15 is 0 Å². The first-order valence-electron chi connectivity index (χ1n) is 7.61. The van der Waals surface area contributed by atoms with Crippen LogP contribution in [0.3, 0.4) is 0 Å². The summed E-state index contributed by atoms with van der Waals surface area (Å²) >= 11 is 6.15. The summed E-state index contributed by atoms with van der Waals surface area (Å²) in [6, 6.07) is 5.76. The fourth-order valence-electron chi connectivity index (χ4n) is 3.16. The van der Waals surface area contributed by atoms with E-state index in [9.17, 15) is 0 Å². The number of aryl methyl sites for hydroxylation is 1. The molecular formula is C16H21ClN4O. The van der Waals surface area contributed by atoms with Crippen LogP contribution in [-0.4, -0.2) is 27.9 Å². The monoisotopic (exact) mass is 320 g/mol. The van der Waals surface area contributed by atoms with Gasteiger partial charge in [0.15, 0.2) is 0 Å². The van der Waals surface area contributed by atoms with E-state index in [1.807, 2.05) is 29.8 Å². The molecule has 0 radical (unpaired) electrons. The van der Waals surface area contributed by atoms with E-state index in [0.717, 1.165) is 48.8 Å². The minimum Gasteiger partial charge on any atom is -0.494 e. The zero-order valence-corrected chi connectivity index (χ0v) is 13.7. The molecule has 6 heteroatoms. The Hall–Kier alpha value is -1.59. The summed E-state index contributed by atoms with van der Waals surface area (Å²) in [6.45, 7) is 1.90. The van der Waals surface area contributed by atoms with Crippen LogP contribution in [0.15, 0.2) is 18.2 Å². The highest BCUT2D eigenvalue weighted by molar-refractivity contribution is 6.30. The molecule has 5 nitrogen and oxygen atoms in total. The topological polar surface area (TPSA) is 66.0 Å². The van der Waals surface area contributed by atoms with Crippen LogP contribution in [-0.2, 0) is 0 Å². The first-order valence-corrected chi connectivity index (χ1v) is 7.99. The molecule has 1 aliphatic carbocycles. The highest BCUT2D eigenvalue weighted by atomic mass is 35.5. The highest BCUT2D eigenvalue weighted by Gasteiger charge is 2.27. The average Bonchev–Trinajstić information content (AvgIpc) is 2.89. The first kappa shape index (κ1) is 15.3. The quantitative estimate of drug-likeness (QED) is 0.943. The Morgan fingerprint density at radius 2 is 2.18 bits per heavy atom. The molecule has 0 spiro atoms. The molecule has 0 saturated heterocycles. The number of nitrogens with zero attached hydrogens (tertiary/aromatic N) is 3. The van der Waals surface area contributed by atoms with Gasteiger partial charge in [0, 0.05) is 17.0 Å². The molecule has 0 amide bonds. The molecule has 2 atom stereocenters. The van der Waals surface area contributed by atoms with Gasteiger partial charge in [0.25, 0.3) is 0 Å². The lowest BCUT2D eigenvalue weighted by Crippen LogP contribution is -2.28. The second-order valence-corrected chi connectivity index (χ2v) is 6.31. The normalized spacial score (nSPS) is 21.8. The number of ether oxygens (including phenoxy) is 1. The third-order valence-corrected chi connectivity index (χ3v) is 4.42. The fourth-order valence-corrected chi connectivity index (χ4v) is 3.33. The molecule has 118 valence electrons. The molecule has 2 N–H and O–H groups in total. The van der Waals surface area contributed by atoms with Crippen LogP contribution in [0.4, 0.5) is 0 Å². The molecule has 22 heavy (non-hydrogen) atoms. The summed E-state index contributed by atoms with van der Waals surface area (Å²) < 4.78 is 7.32. The molecular weight excluding hydrogens is 300 g/mol. The van der Waals surface area contributed by atoms with Crippen molar-refractivity contribution in [3.63, 3.8) is 0 Å². The number of halogens is 1. The number of aromatic nitrogens is 3. The summed E-state index contributed by atoms with van der Waals surface area (Å²) in [7, 11) is 1.65. The van der Waals surface area contributed by atoms with Crippen LogP contribution in [0.1, 0.15) is 43.3 Å². The van der Waals surface area contributed by atoms with Crippen LogP contribution in [0.25, 0.3) is 5.69 Å². The Bertz CT molecular complexity index is 670. The molecule has 1 aliphatic rings. The van der Waals surface area contributed by atoms with Gasteiger partial charge in [-0.05, 0) is 44.4 Å². The Balaban J connectivity index is 2.06. The molecule has 2 aromatic rings. The van der Waals surface area contributed by atoms with E-state index < -0.39 is 0 Å². The van der Waals surface area contributed by atoms with Crippen molar-refractivity contribution in [2.75, 3.05) is 7.11 Å². The van der Waals surface area contributed by atoms with Gasteiger partial charge in [0.2, 0.25) is 0 Å². The molecule has 0 unspecified atom stereocenters. The van der Waals surface area contributed by atoms with Crippen molar-refractivity contribution in [1.82, 2.24) is 14.8 Å². The SMILES string of the molecule is COc1ccc(Cl)cc1-n1nc(C)nc1[C@@H]1CCC[C@H](N)C1. The van der Waals surface area contributed by atoms with Crippen molar-refractivity contribution in [3.05, 3.63) is 34.9 Å². The van der Waals surface area contributed by atoms with Crippen LogP contribution in [0, 0.1) is 6.92 Å². The molecule has 1 heterocycles. The van der Waals surface area contributed by atoms with E-state index in [4.69, 9.17) is 22.1 Å². The van der Waals surface area contributed by atoms with Gasteiger partial charge in [0.05, 0.1) is 7.11 Å². The molecule has 1 fully saturated rings. The van der Waals surface area contributed by atoms with E-state index in [1.54, 1.807) is 7.11 Å². The summed E-state index contributed by atoms with van der Waals surface area (Å²) in [6.07, 6.45) is 4.25. The fraction of sp³-hybridized carbons (Fsp3) is 0.500. The van der Waals surface area contributed by atoms with Crippen molar-refractivity contribution >= 4 is 11.6 Å². The number of benzene rings is 1. The average molecular weight is 321 g/mol. The van der Waals surface area contributed by atoms with E-state index in [2.05, 4.69) is 10.1 Å². The minimum absolute atomic E-state index is 0.241. The van der Waals surface area contributed by atoms with Crippen LogP contribution in [0.5, 0.6) is 5.75 Å². The maximum atomic E-state index is 6.15. The highest BCUT2D eigenvalue weighted by Crippen LogP contribution is 2.34. The van der Waals surface area contributed by atoms with Crippen molar-refractivity contribution in [2.45, 2.75) is 44.6 Å². The molecule has 3 rings (SSSR count). The maximum absolute atomic E-state index is 6.15. The van der Waals surface area contributed by atoms with E-state index in [0.29, 0.717) is 10.9 Å². The molecule has 1 saturated carbocycles. The lowest BCUT2D eigenvalue weighted by molar-refractivity contribution is 0.375. The van der Waals surface area contributed by atoms with Crippen LogP contribution in [0.2, 0.25) is 5.02 Å². The summed E-state index contributed by atoms with van der Waals surface area (Å²) in [5, 5.41) is 5.21. The van der Waals surface area contributed by atoms with E-state index in [-0.39, 0.29) is 6.04 Å². The Labute approximate surface area is 135 Å². The maximum Gasteiger partial charge on any atom is 0.148 e. The largest absolute Gasteiger partial charge is 0.494 e. The zero-order valence-electron chi connectivity index (χ0n) is 12.9. The predicted octanol–water partition coefficient (Wildman–Crippen LogP) is 3.22. The third-order valence-electron chi connectivity index (χ3n) is 4.19. The van der Waals surface area contributed by atoms with Gasteiger partial charge in [-0.2, -0.15) is 5.10 Å². The van der Waals surface area contributed by atoms with E-state index in [1.165, 1.54) is 0 Å². The van der Waals surface area contributed by atoms with Gasteiger partial charge in [-0.25, -0.2) is 9.67 Å². The van der Waals surface area contributed by atoms with Crippen molar-refractivity contribution in [3.8, 4) is 11.4 Å². The number of methoxy groups -OCH3 is 1. The molecule has 1 aromatic heterocycles. The third kappa shape index (κ3) is 2.96. The lowest BCUT2D eigenvalue weighted by Gasteiger charge is -2.26. The summed E-state index contributed by atoms with van der Waals surface area (Å²) in [5.74, 6) is 2.76. The van der Waals surface area contributed by atoms with Gasteiger partial charge >= 0.3 is 0 Å². The van der Waals surface area contributed by atoms with Crippen molar-refractivity contribution in [2.24, 2.45) is 5.73 Å². The van der Waals surface area contributed by atoms with Crippen LogP contribution < -0.4 is 10.5 Å². The molecule has 0 bridgehead atoms. The summed E-state index contributed by atoms with van der Waals surface area (Å²) in [5.41, 5.74) is 6.96. The minimum atomic E-state index is 0.241. The second-order valence-electron chi connectivity index (χ2n) is 5.87. The second kappa shape index (κ2) is 6.26. The van der Waals surface area contributed by atoms with Gasteiger partial charge in [-0.15, -0.1) is 0 Å². The Kier molecular flexibility index (Phi) is 4.36. The Morgan fingerprint density at radius 3 is 2.91 bits per heavy atom. The lowest BCUT2D eigenvalue weighted by atomic mass is 9.85. The zero-order chi connectivity index (χ0) is 15.7. The van der Waals surface area contributed by atoms with Gasteiger partial charge in [0.1, 0.15) is 23.1 Å². The number of hydrogen-bond acceptors (Lipinski definition) is 4. The number of hydrogen-bond donors (Lipinski definition) is 1. The first-order chi connectivity index (χ1) is 10.6. The van der Waals surface area contributed by atoms with Crippen molar-refractivity contribution in [1.29, 1.82) is 0 Å². The van der Waals surface area contributed by atoms with Crippen LogP contribution >= 0.6 is 11.6 Å². The smallest absolute Gasteiger partial charge is 0.148 e. The standard InChI is InChI=1S/C16H21ClN4O/c1-10-19-16(11-4-3-5-13(18)8-11)21(20-10)14-9-12(17)6-7-15(14)22-2/h6-7,9,11,13H,3-5,8,18H2,1-2H3/t11-,13+/m1/s1. The predicted molar refractivity (Wildman–Crippen MR) is 86.8 cm³/mol. The molecule has 0 aliphatic heterocycles. The Morgan fingerprint density at radius 1 is 1.36 bits per heavy atom. The molecule has 1 aromatic carbocycles. The van der Waals surface area contributed by atoms with Gasteiger partial charge in [-0.3, -0.25) is 0 Å². The summed E-state index contributed by atoms with van der Waals surface area (Å²) in [4.78, 5) is 4.65. The van der Waals surface area contributed by atoms with Crippen molar-refractivity contribution < 1.29 is 4.74 Å². The number of nitrogens with two attached hydrogens (primary N) is 1. The van der Waals surface area contributed by atoms with Gasteiger partial charge < -0.3 is 10.5 Å². The van der Waals surface area contributed by atoms with Gasteiger partial charge in [-0.1, -0.05) is 18.0 Å².